The zero-order chi connectivity index (χ0) is 18.6. The Hall–Kier alpha value is -2.94. The van der Waals surface area contributed by atoms with Gasteiger partial charge >= 0.3 is 0 Å². The first-order valence-corrected chi connectivity index (χ1v) is 9.73. The second kappa shape index (κ2) is 7.52. The quantitative estimate of drug-likeness (QED) is 0.684. The third-order valence-corrected chi connectivity index (χ3v) is 4.89. The summed E-state index contributed by atoms with van der Waals surface area (Å²) in [4.78, 5) is 12.6. The third kappa shape index (κ3) is 4.57. The molecule has 3 rings (SSSR count). The lowest BCUT2D eigenvalue weighted by Crippen LogP contribution is -2.15. The van der Waals surface area contributed by atoms with Crippen molar-refractivity contribution in [2.75, 3.05) is 10.5 Å². The minimum absolute atomic E-state index is 0.0858. The molecule has 0 spiro atoms. The highest BCUT2D eigenvalue weighted by molar-refractivity contribution is 7.92. The molecule has 2 aromatic heterocycles. The molecule has 1 N–H and O–H groups in total. The van der Waals surface area contributed by atoms with Gasteiger partial charge in [-0.05, 0) is 37.6 Å². The Morgan fingerprint density at radius 2 is 1.96 bits per heavy atom. The van der Waals surface area contributed by atoms with E-state index >= 15 is 0 Å². The van der Waals surface area contributed by atoms with Crippen molar-refractivity contribution in [1.82, 2.24) is 19.5 Å². The molecule has 0 unspecified atom stereocenters. The van der Waals surface area contributed by atoms with Crippen LogP contribution in [0.2, 0.25) is 0 Å². The van der Waals surface area contributed by atoms with Crippen molar-refractivity contribution < 1.29 is 13.2 Å². The lowest BCUT2D eigenvalue weighted by molar-refractivity contribution is 0.459. The highest BCUT2D eigenvalue weighted by atomic mass is 32.2. The number of sulfonamides is 1. The Bertz CT molecular complexity index is 970. The average molecular weight is 373 g/mol. The van der Waals surface area contributed by atoms with Crippen LogP contribution in [0.3, 0.4) is 0 Å². The maximum atomic E-state index is 11.8. The Kier molecular flexibility index (Phi) is 5.17. The number of nitrogens with zero attached hydrogens (tertiary/aromatic N) is 4. The smallest absolute Gasteiger partial charge is 0.232 e. The van der Waals surface area contributed by atoms with Gasteiger partial charge in [0.2, 0.25) is 15.9 Å². The summed E-state index contributed by atoms with van der Waals surface area (Å²) in [5.41, 5.74) is 0.490. The summed E-state index contributed by atoms with van der Waals surface area (Å²) < 4.78 is 33.6. The Morgan fingerprint density at radius 1 is 1.19 bits per heavy atom. The van der Waals surface area contributed by atoms with E-state index in [-0.39, 0.29) is 5.75 Å². The molecule has 0 aliphatic rings. The number of rotatable bonds is 7. The van der Waals surface area contributed by atoms with E-state index in [2.05, 4.69) is 19.7 Å². The molecule has 0 aliphatic carbocycles. The predicted molar refractivity (Wildman–Crippen MR) is 98.1 cm³/mol. The average Bonchev–Trinajstić information content (AvgIpc) is 3.10. The van der Waals surface area contributed by atoms with Gasteiger partial charge in [-0.15, -0.1) is 0 Å². The van der Waals surface area contributed by atoms with Crippen LogP contribution in [0.5, 0.6) is 11.6 Å². The topological polar surface area (TPSA) is 99.0 Å². The molecular formula is C17H19N5O3S. The van der Waals surface area contributed by atoms with E-state index in [1.54, 1.807) is 60.5 Å². The summed E-state index contributed by atoms with van der Waals surface area (Å²) in [7, 11) is -3.31. The molecule has 3 aromatic rings. The first-order chi connectivity index (χ1) is 12.4. The summed E-state index contributed by atoms with van der Waals surface area (Å²) in [5, 5.41) is 0. The minimum Gasteiger partial charge on any atom is -0.439 e. The van der Waals surface area contributed by atoms with Gasteiger partial charge in [0.1, 0.15) is 23.7 Å². The van der Waals surface area contributed by atoms with E-state index in [9.17, 15) is 8.42 Å². The zero-order valence-corrected chi connectivity index (χ0v) is 15.3. The number of aromatic nitrogens is 4. The minimum atomic E-state index is -3.31. The van der Waals surface area contributed by atoms with Crippen LogP contribution in [0.1, 0.15) is 19.2 Å². The normalized spacial score (nSPS) is 11.3. The molecular weight excluding hydrogens is 354 g/mol. The molecule has 0 fully saturated rings. The Labute approximate surface area is 152 Å². The largest absolute Gasteiger partial charge is 0.439 e. The highest BCUT2D eigenvalue weighted by Crippen LogP contribution is 2.23. The molecule has 0 saturated heterocycles. The van der Waals surface area contributed by atoms with Crippen molar-refractivity contribution in [2.45, 2.75) is 20.3 Å². The fourth-order valence-electron chi connectivity index (χ4n) is 2.32. The summed E-state index contributed by atoms with van der Waals surface area (Å²) in [6.45, 7) is 3.59. The summed E-state index contributed by atoms with van der Waals surface area (Å²) in [6.07, 6.45) is 5.64. The first-order valence-electron chi connectivity index (χ1n) is 8.07. The molecule has 8 nitrogen and oxygen atoms in total. The van der Waals surface area contributed by atoms with Crippen molar-refractivity contribution in [3.8, 4) is 17.4 Å². The van der Waals surface area contributed by atoms with Crippen LogP contribution >= 0.6 is 0 Å². The van der Waals surface area contributed by atoms with Crippen molar-refractivity contribution in [3.05, 3.63) is 54.9 Å². The predicted octanol–water partition coefficient (Wildman–Crippen LogP) is 2.91. The summed E-state index contributed by atoms with van der Waals surface area (Å²) in [6, 6.07) is 8.35. The van der Waals surface area contributed by atoms with Crippen molar-refractivity contribution >= 4 is 15.7 Å². The van der Waals surface area contributed by atoms with Gasteiger partial charge in [0.05, 0.1) is 5.75 Å². The van der Waals surface area contributed by atoms with Crippen LogP contribution in [-0.2, 0) is 10.0 Å². The molecule has 0 bridgehead atoms. The lowest BCUT2D eigenvalue weighted by atomic mass is 10.3. The van der Waals surface area contributed by atoms with Crippen LogP contribution in [0.25, 0.3) is 5.82 Å². The molecule has 0 amide bonds. The maximum absolute atomic E-state index is 11.8. The SMILES string of the molecule is CCCS(=O)(=O)Nc1ccc(Oc2cc(-n3ccnc3)nc(C)n2)cc1. The number of nitrogens with one attached hydrogen (secondary N) is 1. The molecule has 0 saturated carbocycles. The van der Waals surface area contributed by atoms with Gasteiger partial charge in [0, 0.05) is 24.1 Å². The Morgan fingerprint density at radius 3 is 2.62 bits per heavy atom. The second-order valence-corrected chi connectivity index (χ2v) is 7.47. The van der Waals surface area contributed by atoms with Crippen LogP contribution in [0, 0.1) is 6.92 Å². The number of anilines is 1. The summed E-state index contributed by atoms with van der Waals surface area (Å²) in [5.74, 6) is 2.23. The van der Waals surface area contributed by atoms with Gasteiger partial charge in [-0.1, -0.05) is 6.92 Å². The van der Waals surface area contributed by atoms with Gasteiger partial charge < -0.3 is 4.74 Å². The standard InChI is InChI=1S/C17H19N5O3S/c1-3-10-26(23,24)21-14-4-6-15(7-5-14)25-17-11-16(19-13(2)20-17)22-9-8-18-12-22/h4-9,11-12,21H,3,10H2,1-2H3. The number of hydrogen-bond acceptors (Lipinski definition) is 6. The first kappa shape index (κ1) is 17.9. The fraction of sp³-hybridized carbons (Fsp3) is 0.235. The van der Waals surface area contributed by atoms with Gasteiger partial charge in [-0.2, -0.15) is 4.98 Å². The van der Waals surface area contributed by atoms with E-state index in [0.717, 1.165) is 0 Å². The second-order valence-electron chi connectivity index (χ2n) is 5.63. The van der Waals surface area contributed by atoms with Crippen molar-refractivity contribution in [1.29, 1.82) is 0 Å². The monoisotopic (exact) mass is 373 g/mol. The van der Waals surface area contributed by atoms with E-state index in [0.29, 0.717) is 35.4 Å². The molecule has 0 atom stereocenters. The maximum Gasteiger partial charge on any atom is 0.232 e. The molecule has 0 radical (unpaired) electrons. The molecule has 2 heterocycles. The fourth-order valence-corrected chi connectivity index (χ4v) is 3.45. The van der Waals surface area contributed by atoms with Gasteiger partial charge in [-0.25, -0.2) is 18.4 Å². The number of benzene rings is 1. The van der Waals surface area contributed by atoms with Gasteiger partial charge in [0.25, 0.3) is 0 Å². The Balaban J connectivity index is 1.75. The lowest BCUT2D eigenvalue weighted by Gasteiger charge is -2.10. The van der Waals surface area contributed by atoms with E-state index in [1.165, 1.54) is 0 Å². The molecule has 0 aliphatic heterocycles. The van der Waals surface area contributed by atoms with Gasteiger partial charge in [0.15, 0.2) is 0 Å². The number of aryl methyl sites for hydroxylation is 1. The number of imidazole rings is 1. The van der Waals surface area contributed by atoms with E-state index in [4.69, 9.17) is 4.74 Å². The molecule has 9 heteroatoms. The molecule has 136 valence electrons. The molecule has 26 heavy (non-hydrogen) atoms. The van der Waals surface area contributed by atoms with Crippen LogP contribution in [0.4, 0.5) is 5.69 Å². The van der Waals surface area contributed by atoms with E-state index < -0.39 is 10.0 Å². The highest BCUT2D eigenvalue weighted by Gasteiger charge is 2.09. The number of ether oxygens (including phenoxy) is 1. The summed E-state index contributed by atoms with van der Waals surface area (Å²) >= 11 is 0. The molecule has 1 aromatic carbocycles. The number of hydrogen-bond donors (Lipinski definition) is 1. The van der Waals surface area contributed by atoms with Crippen LogP contribution < -0.4 is 9.46 Å². The zero-order valence-electron chi connectivity index (χ0n) is 14.5. The van der Waals surface area contributed by atoms with E-state index in [1.807, 2.05) is 6.92 Å². The van der Waals surface area contributed by atoms with Crippen LogP contribution in [-0.4, -0.2) is 33.7 Å². The van der Waals surface area contributed by atoms with Crippen LogP contribution in [0.15, 0.2) is 49.1 Å². The van der Waals surface area contributed by atoms with Gasteiger partial charge in [-0.3, -0.25) is 9.29 Å². The van der Waals surface area contributed by atoms with Crippen molar-refractivity contribution in [3.63, 3.8) is 0 Å². The third-order valence-electron chi connectivity index (χ3n) is 3.39. The van der Waals surface area contributed by atoms with Crippen molar-refractivity contribution in [2.24, 2.45) is 0 Å².